The molecule has 27 heteroatoms. The predicted molar refractivity (Wildman–Crippen MR) is 316 cm³/mol. The molecule has 4 aromatic heterocycles. The molecule has 4 heterocycles. The van der Waals surface area contributed by atoms with Crippen molar-refractivity contribution in [1.29, 1.82) is 0 Å². The zero-order chi connectivity index (χ0) is 61.4. The maximum atomic E-state index is 10.7. The number of nitrogens with zero attached hydrogens (tertiary/aromatic N) is 8. The second kappa shape index (κ2) is 32.5. The average molecular weight is 1450 g/mol. The summed E-state index contributed by atoms with van der Waals surface area (Å²) >= 11 is 0. The van der Waals surface area contributed by atoms with Crippen molar-refractivity contribution in [2.24, 2.45) is 0 Å². The molecular weight excluding hydrogens is 1390 g/mol. The van der Waals surface area contributed by atoms with Crippen LogP contribution in [0.4, 0.5) is 26.3 Å². The molecule has 460 valence electrons. The van der Waals surface area contributed by atoms with Crippen LogP contribution in [0.25, 0.3) is 0 Å². The molecular formula is C59H58Ag2F6N8O7P2S2+2. The summed E-state index contributed by atoms with van der Waals surface area (Å²) in [6, 6.07) is 61.8. The summed E-state index contributed by atoms with van der Waals surface area (Å²) in [5, 5.41) is 26.2. The number of aromatic nitrogens is 8. The van der Waals surface area contributed by atoms with Crippen LogP contribution < -0.4 is 31.8 Å². The van der Waals surface area contributed by atoms with E-state index in [2.05, 4.69) is 194 Å². The number of benzene rings is 6. The van der Waals surface area contributed by atoms with Gasteiger partial charge >= 0.3 is 55.8 Å². The summed E-state index contributed by atoms with van der Waals surface area (Å²) in [5.74, 6) is 0.167. The van der Waals surface area contributed by atoms with Crippen LogP contribution in [0.3, 0.4) is 0 Å². The number of alkyl halides is 6. The van der Waals surface area contributed by atoms with Gasteiger partial charge < -0.3 is 13.9 Å². The third-order valence-electron chi connectivity index (χ3n) is 12.0. The van der Waals surface area contributed by atoms with E-state index in [0.717, 1.165) is 11.1 Å². The number of carbonyl (C=O) groups is 1. The van der Waals surface area contributed by atoms with Gasteiger partial charge in [-0.3, -0.25) is 0 Å². The van der Waals surface area contributed by atoms with E-state index in [1.165, 1.54) is 67.9 Å². The number of hydrogen-bond donors (Lipinski definition) is 0. The van der Waals surface area contributed by atoms with Crippen molar-refractivity contribution < 1.29 is 102 Å². The molecule has 0 N–H and O–H groups in total. The minimum absolute atomic E-state index is 0. The Morgan fingerprint density at radius 1 is 0.395 bits per heavy atom. The van der Waals surface area contributed by atoms with Gasteiger partial charge in [-0.2, -0.15) is 46.7 Å². The molecule has 0 spiro atoms. The molecule has 10 aromatic rings. The van der Waals surface area contributed by atoms with Crippen LogP contribution in [-0.4, -0.2) is 81.9 Å². The van der Waals surface area contributed by atoms with Crippen molar-refractivity contribution in [2.45, 2.75) is 64.9 Å². The monoisotopic (exact) mass is 1440 g/mol. The molecule has 0 amide bonds. The Kier molecular flexibility index (Phi) is 27.2. The Balaban J connectivity index is 0.000000276. The third-order valence-corrected chi connectivity index (χ3v) is 18.6. The van der Waals surface area contributed by atoms with Gasteiger partial charge in [0.1, 0.15) is 37.6 Å². The van der Waals surface area contributed by atoms with Crippen LogP contribution in [-0.2, 0) is 69.8 Å². The fourth-order valence-corrected chi connectivity index (χ4v) is 13.1. The molecule has 0 aliphatic rings. The minimum Gasteiger partial charge on any atom is -0.741 e. The number of Topliss-reactive ketones (excluding diaryl/α,β-unsaturated/α-hetero) is 1. The zero-order valence-electron chi connectivity index (χ0n) is 46.6. The summed E-state index contributed by atoms with van der Waals surface area (Å²) in [6.45, 7) is 11.6. The van der Waals surface area contributed by atoms with E-state index in [9.17, 15) is 31.1 Å². The van der Waals surface area contributed by atoms with Crippen molar-refractivity contribution in [3.8, 4) is 0 Å². The first-order chi connectivity index (χ1) is 39.6. The second-order valence-corrected chi connectivity index (χ2v) is 26.6. The number of carbonyl (C=O) groups excluding carboxylic acids is 1. The summed E-state index contributed by atoms with van der Waals surface area (Å²) in [5.41, 5.74) is -3.84. The van der Waals surface area contributed by atoms with E-state index in [-0.39, 0.29) is 62.9 Å². The fraction of sp³-hybridized carbons (Fsp3) is 0.169. The van der Waals surface area contributed by atoms with Crippen molar-refractivity contribution in [3.63, 3.8) is 0 Å². The number of aryl methyl sites for hydroxylation is 4. The van der Waals surface area contributed by atoms with Crippen LogP contribution in [0.5, 0.6) is 0 Å². The van der Waals surface area contributed by atoms with E-state index in [4.69, 9.17) is 25.9 Å². The first-order valence-corrected chi connectivity index (χ1v) is 31.1. The number of rotatable bonds is 12. The molecule has 15 nitrogen and oxygen atoms in total. The molecule has 10 rings (SSSR count). The molecule has 0 unspecified atom stereocenters. The zero-order valence-corrected chi connectivity index (χ0v) is 53.2. The predicted octanol–water partition coefficient (Wildman–Crippen LogP) is 9.26. The van der Waals surface area contributed by atoms with Crippen molar-refractivity contribution >= 4 is 73.7 Å². The molecule has 0 atom stereocenters. The van der Waals surface area contributed by atoms with Crippen LogP contribution in [0.15, 0.2) is 219 Å². The van der Waals surface area contributed by atoms with Gasteiger partial charge in [0.15, 0.2) is 32.6 Å². The molecule has 0 bridgehead atoms. The topological polar surface area (TPSA) is 203 Å². The Hall–Kier alpha value is -6.43. The smallest absolute Gasteiger partial charge is 0.741 e. The summed E-state index contributed by atoms with van der Waals surface area (Å²) < 4.78 is 126. The Labute approximate surface area is 528 Å². The van der Waals surface area contributed by atoms with Gasteiger partial charge in [-0.25, -0.2) is 35.6 Å². The van der Waals surface area contributed by atoms with Gasteiger partial charge in [0.2, 0.25) is 0 Å². The summed E-state index contributed by atoms with van der Waals surface area (Å²) in [4.78, 5) is 9.44. The van der Waals surface area contributed by atoms with Crippen LogP contribution in [0.2, 0.25) is 0 Å². The van der Waals surface area contributed by atoms with Crippen LogP contribution >= 0.6 is 15.8 Å². The van der Waals surface area contributed by atoms with E-state index < -0.39 is 47.1 Å². The Morgan fingerprint density at radius 2 is 0.558 bits per heavy atom. The molecule has 0 radical (unpaired) electrons. The average Bonchev–Trinajstić information content (AvgIpc) is 1.84. The molecule has 6 aromatic carbocycles. The van der Waals surface area contributed by atoms with Crippen LogP contribution in [0.1, 0.15) is 59.6 Å². The van der Waals surface area contributed by atoms with Gasteiger partial charge in [-0.1, -0.05) is 95.1 Å². The van der Waals surface area contributed by atoms with Gasteiger partial charge in [-0.15, -0.1) is 0 Å². The van der Waals surface area contributed by atoms with Gasteiger partial charge in [0, 0.05) is 49.6 Å². The maximum absolute atomic E-state index is 10.7. The van der Waals surface area contributed by atoms with E-state index >= 15 is 0 Å². The summed E-state index contributed by atoms with van der Waals surface area (Å²) in [7, 11) is -14.4. The van der Waals surface area contributed by atoms with Crippen molar-refractivity contribution in [3.05, 3.63) is 253 Å². The standard InChI is InChI=1S/2C27H25N4P.C3H6O.2CHF3O3S.2Ag/c2*1-21-5-11-24(12-6-21)32(25-13-7-22(2)8-14-25)26-15-9-23(10-16-26)27(30-19-3-17-28-30)31-20-4-18-29-31;1-3(2)4;2*2-1(3,4)8(5,6)7;;/h2*3-20,27H,1-2H3;1-2H3;2*(H,5,6,7);;/q;;;;;2*+1. The SMILES string of the molecule is CC(C)=O.Cc1ccc([PH+](c2ccc(C)cc2)c2ccc(C(n3cccn3)n3cccn3)cc2)cc1.Cc1ccc([PH+](c2ccc(C)cc2)c2ccc(C(n3cccn3)n3cccn3)cc2)cc1.O=S(=O)([O-])C(F)(F)F.O=S(=O)([O-])C(F)(F)F.[Ag+].[Ag+]. The molecule has 0 aliphatic carbocycles. The van der Waals surface area contributed by atoms with Gasteiger partial charge in [0.25, 0.3) is 0 Å². The van der Waals surface area contributed by atoms with Crippen molar-refractivity contribution in [2.75, 3.05) is 0 Å². The molecule has 0 saturated heterocycles. The fourth-order valence-electron chi connectivity index (χ4n) is 8.08. The first-order valence-electron chi connectivity index (χ1n) is 25.3. The van der Waals surface area contributed by atoms with E-state index in [0.29, 0.717) is 0 Å². The third kappa shape index (κ3) is 20.9. The largest absolute Gasteiger partial charge is 1.00 e. The molecule has 0 aliphatic heterocycles. The minimum atomic E-state index is -6.09. The number of halogens is 6. The normalized spacial score (nSPS) is 11.4. The maximum Gasteiger partial charge on any atom is 1.00 e. The summed E-state index contributed by atoms with van der Waals surface area (Å²) in [6.07, 6.45) is 14.9. The molecule has 86 heavy (non-hydrogen) atoms. The number of hydrogen-bond acceptors (Lipinski definition) is 11. The second-order valence-electron chi connectivity index (χ2n) is 18.9. The van der Waals surface area contributed by atoms with E-state index in [1.54, 1.807) is 24.8 Å². The Morgan fingerprint density at radius 3 is 0.698 bits per heavy atom. The molecule has 0 fully saturated rings. The quantitative estimate of drug-likeness (QED) is 0.0371. The molecule has 0 saturated carbocycles. The van der Waals surface area contributed by atoms with Gasteiger partial charge in [0.05, 0.1) is 15.8 Å². The van der Waals surface area contributed by atoms with Crippen molar-refractivity contribution in [1.82, 2.24) is 39.1 Å². The first kappa shape index (κ1) is 72.0. The van der Waals surface area contributed by atoms with E-state index in [1.807, 2.05) is 67.8 Å². The van der Waals surface area contributed by atoms with Crippen LogP contribution in [0, 0.1) is 27.7 Å². The van der Waals surface area contributed by atoms with Gasteiger partial charge in [-0.05, 0) is 150 Å². The Bertz CT molecular complexity index is 3430. The number of ketones is 1.